The predicted molar refractivity (Wildman–Crippen MR) is 79.5 cm³/mol. The van der Waals surface area contributed by atoms with Crippen LogP contribution in [0.2, 0.25) is 0 Å². The molecule has 21 heavy (non-hydrogen) atoms. The third-order valence-corrected chi connectivity index (χ3v) is 3.14. The second kappa shape index (κ2) is 6.41. The van der Waals surface area contributed by atoms with Gasteiger partial charge in [0.05, 0.1) is 24.5 Å². The summed E-state index contributed by atoms with van der Waals surface area (Å²) in [5.41, 5.74) is 3.15. The maximum absolute atomic E-state index is 12.3. The number of rotatable bonds is 5. The zero-order chi connectivity index (χ0) is 15.4. The molecular formula is C15H19N3O3. The van der Waals surface area contributed by atoms with Crippen molar-refractivity contribution in [3.8, 4) is 5.75 Å². The van der Waals surface area contributed by atoms with Crippen molar-refractivity contribution in [2.75, 3.05) is 11.9 Å². The van der Waals surface area contributed by atoms with E-state index in [1.54, 1.807) is 32.0 Å². The fourth-order valence-electron chi connectivity index (χ4n) is 2.16. The van der Waals surface area contributed by atoms with Gasteiger partial charge in [-0.05, 0) is 39.0 Å². The SMILES string of the molecule is CCOc1ccc(NC(=O)c2c(C)n[nH]c2C)cc1CO. The van der Waals surface area contributed by atoms with Crippen LogP contribution in [0.15, 0.2) is 18.2 Å². The summed E-state index contributed by atoms with van der Waals surface area (Å²) >= 11 is 0. The van der Waals surface area contributed by atoms with Gasteiger partial charge in [-0.15, -0.1) is 0 Å². The largest absolute Gasteiger partial charge is 0.494 e. The van der Waals surface area contributed by atoms with E-state index in [2.05, 4.69) is 15.5 Å². The zero-order valence-corrected chi connectivity index (χ0v) is 12.4. The zero-order valence-electron chi connectivity index (χ0n) is 12.4. The standard InChI is InChI=1S/C15H19N3O3/c1-4-21-13-6-5-12(7-11(13)8-19)16-15(20)14-9(2)17-18-10(14)3/h5-7,19H,4,8H2,1-3H3,(H,16,20)(H,17,18). The minimum absolute atomic E-state index is 0.150. The van der Waals surface area contributed by atoms with Gasteiger partial charge in [-0.2, -0.15) is 5.10 Å². The van der Waals surface area contributed by atoms with Crippen molar-refractivity contribution < 1.29 is 14.6 Å². The smallest absolute Gasteiger partial charge is 0.259 e. The van der Waals surface area contributed by atoms with Gasteiger partial charge in [-0.25, -0.2) is 0 Å². The molecule has 0 aliphatic carbocycles. The summed E-state index contributed by atoms with van der Waals surface area (Å²) in [5, 5.41) is 19.0. The highest BCUT2D eigenvalue weighted by atomic mass is 16.5. The molecule has 112 valence electrons. The number of ether oxygens (including phenoxy) is 1. The highest BCUT2D eigenvalue weighted by Gasteiger charge is 2.16. The molecule has 1 amide bonds. The third kappa shape index (κ3) is 3.22. The Morgan fingerprint density at radius 3 is 2.76 bits per heavy atom. The lowest BCUT2D eigenvalue weighted by Gasteiger charge is -2.11. The normalized spacial score (nSPS) is 10.5. The Kier molecular flexibility index (Phi) is 4.59. The molecule has 0 bridgehead atoms. The second-order valence-electron chi connectivity index (χ2n) is 4.68. The molecule has 6 nitrogen and oxygen atoms in total. The topological polar surface area (TPSA) is 87.2 Å². The van der Waals surface area contributed by atoms with Crippen molar-refractivity contribution in [2.24, 2.45) is 0 Å². The van der Waals surface area contributed by atoms with Crippen LogP contribution in [-0.2, 0) is 6.61 Å². The molecule has 2 rings (SSSR count). The fourth-order valence-corrected chi connectivity index (χ4v) is 2.16. The molecule has 0 aliphatic rings. The fraction of sp³-hybridized carbons (Fsp3) is 0.333. The van der Waals surface area contributed by atoms with E-state index in [0.29, 0.717) is 34.9 Å². The number of carbonyl (C=O) groups is 1. The van der Waals surface area contributed by atoms with Crippen LogP contribution in [0.1, 0.15) is 34.2 Å². The number of amides is 1. The minimum Gasteiger partial charge on any atom is -0.494 e. The van der Waals surface area contributed by atoms with Crippen LogP contribution in [0.4, 0.5) is 5.69 Å². The first kappa shape index (κ1) is 15.1. The summed E-state index contributed by atoms with van der Waals surface area (Å²) in [4.78, 5) is 12.3. The van der Waals surface area contributed by atoms with Gasteiger partial charge in [0.15, 0.2) is 0 Å². The van der Waals surface area contributed by atoms with Gasteiger partial charge in [-0.3, -0.25) is 9.89 Å². The summed E-state index contributed by atoms with van der Waals surface area (Å²) in [6.45, 7) is 5.82. The lowest BCUT2D eigenvalue weighted by Crippen LogP contribution is -2.14. The van der Waals surface area contributed by atoms with E-state index in [1.165, 1.54) is 0 Å². The number of aliphatic hydroxyl groups is 1. The molecule has 3 N–H and O–H groups in total. The van der Waals surface area contributed by atoms with Gasteiger partial charge >= 0.3 is 0 Å². The molecule has 0 saturated carbocycles. The Hall–Kier alpha value is -2.34. The van der Waals surface area contributed by atoms with Crippen LogP contribution in [0.25, 0.3) is 0 Å². The number of anilines is 1. The molecule has 1 aromatic heterocycles. The van der Waals surface area contributed by atoms with E-state index < -0.39 is 0 Å². The van der Waals surface area contributed by atoms with Crippen LogP contribution in [0.3, 0.4) is 0 Å². The van der Waals surface area contributed by atoms with Crippen LogP contribution in [0, 0.1) is 13.8 Å². The number of carbonyl (C=O) groups excluding carboxylic acids is 1. The third-order valence-electron chi connectivity index (χ3n) is 3.14. The molecule has 0 saturated heterocycles. The quantitative estimate of drug-likeness (QED) is 0.787. The Labute approximate surface area is 123 Å². The summed E-state index contributed by atoms with van der Waals surface area (Å²) in [5.74, 6) is 0.389. The molecular weight excluding hydrogens is 270 g/mol. The summed E-state index contributed by atoms with van der Waals surface area (Å²) in [7, 11) is 0. The Balaban J connectivity index is 2.22. The summed E-state index contributed by atoms with van der Waals surface area (Å²) < 4.78 is 5.41. The lowest BCUT2D eigenvalue weighted by molar-refractivity contribution is 0.102. The molecule has 0 fully saturated rings. The Morgan fingerprint density at radius 2 is 2.19 bits per heavy atom. The molecule has 1 heterocycles. The molecule has 0 radical (unpaired) electrons. The van der Waals surface area contributed by atoms with Crippen LogP contribution in [0.5, 0.6) is 5.75 Å². The minimum atomic E-state index is -0.230. The number of benzene rings is 1. The van der Waals surface area contributed by atoms with E-state index in [4.69, 9.17) is 4.74 Å². The van der Waals surface area contributed by atoms with Crippen molar-refractivity contribution in [3.05, 3.63) is 40.7 Å². The number of H-pyrrole nitrogens is 1. The van der Waals surface area contributed by atoms with Gasteiger partial charge in [0.25, 0.3) is 5.91 Å². The highest BCUT2D eigenvalue weighted by molar-refractivity contribution is 6.05. The maximum atomic E-state index is 12.3. The molecule has 0 unspecified atom stereocenters. The van der Waals surface area contributed by atoms with Crippen molar-refractivity contribution in [3.63, 3.8) is 0 Å². The van der Waals surface area contributed by atoms with E-state index in [9.17, 15) is 9.90 Å². The first-order chi connectivity index (χ1) is 10.1. The Morgan fingerprint density at radius 1 is 1.43 bits per heavy atom. The van der Waals surface area contributed by atoms with E-state index in [1.807, 2.05) is 6.92 Å². The number of aromatic nitrogens is 2. The van der Waals surface area contributed by atoms with Crippen LogP contribution in [-0.4, -0.2) is 27.8 Å². The van der Waals surface area contributed by atoms with Crippen molar-refractivity contribution in [2.45, 2.75) is 27.4 Å². The van der Waals surface area contributed by atoms with Crippen LogP contribution >= 0.6 is 0 Å². The van der Waals surface area contributed by atoms with E-state index >= 15 is 0 Å². The van der Waals surface area contributed by atoms with Gasteiger partial charge in [0.1, 0.15) is 5.75 Å². The van der Waals surface area contributed by atoms with Gasteiger partial charge < -0.3 is 15.2 Å². The van der Waals surface area contributed by atoms with E-state index in [-0.39, 0.29) is 12.5 Å². The van der Waals surface area contributed by atoms with Crippen molar-refractivity contribution >= 4 is 11.6 Å². The number of aromatic amines is 1. The number of hydrogen-bond acceptors (Lipinski definition) is 4. The summed E-state index contributed by atoms with van der Waals surface area (Å²) in [6, 6.07) is 5.18. The van der Waals surface area contributed by atoms with E-state index in [0.717, 1.165) is 5.69 Å². The average molecular weight is 289 g/mol. The number of nitrogens with zero attached hydrogens (tertiary/aromatic N) is 1. The number of nitrogens with one attached hydrogen (secondary N) is 2. The number of aryl methyl sites for hydroxylation is 2. The first-order valence-electron chi connectivity index (χ1n) is 6.76. The van der Waals surface area contributed by atoms with Crippen molar-refractivity contribution in [1.82, 2.24) is 10.2 Å². The van der Waals surface area contributed by atoms with Gasteiger partial charge in [0.2, 0.25) is 0 Å². The molecule has 1 aromatic carbocycles. The van der Waals surface area contributed by atoms with Crippen molar-refractivity contribution in [1.29, 1.82) is 0 Å². The first-order valence-corrected chi connectivity index (χ1v) is 6.76. The summed E-state index contributed by atoms with van der Waals surface area (Å²) in [6.07, 6.45) is 0. The average Bonchev–Trinajstić information content (AvgIpc) is 2.80. The Bertz CT molecular complexity index is 630. The molecule has 0 atom stereocenters. The second-order valence-corrected chi connectivity index (χ2v) is 4.68. The van der Waals surface area contributed by atoms with Gasteiger partial charge in [-0.1, -0.05) is 0 Å². The highest BCUT2D eigenvalue weighted by Crippen LogP contribution is 2.23. The lowest BCUT2D eigenvalue weighted by atomic mass is 10.1. The maximum Gasteiger partial charge on any atom is 0.259 e. The molecule has 6 heteroatoms. The van der Waals surface area contributed by atoms with Gasteiger partial charge in [0, 0.05) is 16.9 Å². The monoisotopic (exact) mass is 289 g/mol. The number of hydrogen-bond donors (Lipinski definition) is 3. The molecule has 2 aromatic rings. The number of aliphatic hydroxyl groups excluding tert-OH is 1. The molecule has 0 aliphatic heterocycles. The predicted octanol–water partition coefficient (Wildman–Crippen LogP) is 2.17. The van der Waals surface area contributed by atoms with Crippen LogP contribution < -0.4 is 10.1 Å². The molecule has 0 spiro atoms.